The second-order valence-corrected chi connectivity index (χ2v) is 5.37. The fourth-order valence-electron chi connectivity index (χ4n) is 2.64. The van der Waals surface area contributed by atoms with Gasteiger partial charge in [0.2, 0.25) is 0 Å². The Labute approximate surface area is 127 Å². The van der Waals surface area contributed by atoms with Crippen LogP contribution in [0.4, 0.5) is 0 Å². The summed E-state index contributed by atoms with van der Waals surface area (Å²) in [5.41, 5.74) is 1.06. The number of rotatable bonds is 3. The van der Waals surface area contributed by atoms with Crippen LogP contribution < -0.4 is 0 Å². The normalized spacial score (nSPS) is 18.2. The molecule has 6 nitrogen and oxygen atoms in total. The van der Waals surface area contributed by atoms with Gasteiger partial charge in [-0.2, -0.15) is 0 Å². The van der Waals surface area contributed by atoms with E-state index in [1.807, 2.05) is 30.3 Å². The van der Waals surface area contributed by atoms with Crippen molar-refractivity contribution in [2.24, 2.45) is 5.92 Å². The van der Waals surface area contributed by atoms with Crippen LogP contribution in [0.1, 0.15) is 23.3 Å². The Kier molecular flexibility index (Phi) is 3.91. The Hall–Kier alpha value is -2.63. The van der Waals surface area contributed by atoms with Crippen molar-refractivity contribution >= 4 is 11.9 Å². The summed E-state index contributed by atoms with van der Waals surface area (Å²) < 4.78 is 5.22. The van der Waals surface area contributed by atoms with Crippen molar-refractivity contribution in [3.63, 3.8) is 0 Å². The molecule has 1 fully saturated rings. The molecule has 1 amide bonds. The smallest absolute Gasteiger partial charge is 0.308 e. The number of hydrogen-bond donors (Lipinski definition) is 1. The average molecular weight is 300 g/mol. The lowest BCUT2D eigenvalue weighted by Crippen LogP contribution is -2.42. The molecule has 114 valence electrons. The van der Waals surface area contributed by atoms with Gasteiger partial charge in [-0.3, -0.25) is 9.59 Å². The Morgan fingerprint density at radius 3 is 2.77 bits per heavy atom. The van der Waals surface area contributed by atoms with Crippen LogP contribution in [0.15, 0.2) is 40.9 Å². The molecule has 1 aliphatic heterocycles. The Morgan fingerprint density at radius 2 is 2.05 bits per heavy atom. The minimum absolute atomic E-state index is 0.213. The first-order valence-electron chi connectivity index (χ1n) is 7.19. The van der Waals surface area contributed by atoms with Gasteiger partial charge in [-0.25, -0.2) is 0 Å². The molecule has 0 spiro atoms. The zero-order valence-electron chi connectivity index (χ0n) is 11.9. The third kappa shape index (κ3) is 2.86. The van der Waals surface area contributed by atoms with E-state index in [-0.39, 0.29) is 18.1 Å². The van der Waals surface area contributed by atoms with Crippen LogP contribution in [0.5, 0.6) is 0 Å². The van der Waals surface area contributed by atoms with Crippen LogP contribution in [0.3, 0.4) is 0 Å². The molecular weight excluding hydrogens is 284 g/mol. The number of carboxylic acids is 1. The fraction of sp³-hybridized carbons (Fsp3) is 0.312. The van der Waals surface area contributed by atoms with Crippen molar-refractivity contribution in [1.29, 1.82) is 0 Å². The summed E-state index contributed by atoms with van der Waals surface area (Å²) in [5, 5.41) is 12.9. The Bertz CT molecular complexity index is 680. The molecule has 1 aromatic heterocycles. The van der Waals surface area contributed by atoms with E-state index in [9.17, 15) is 9.59 Å². The summed E-state index contributed by atoms with van der Waals surface area (Å²) in [6, 6.07) is 11.0. The molecule has 0 bridgehead atoms. The highest BCUT2D eigenvalue weighted by atomic mass is 16.5. The lowest BCUT2D eigenvalue weighted by Gasteiger charge is -2.29. The van der Waals surface area contributed by atoms with E-state index in [1.165, 1.54) is 4.90 Å². The first kappa shape index (κ1) is 14.3. The van der Waals surface area contributed by atoms with Crippen molar-refractivity contribution in [3.8, 4) is 11.3 Å². The second kappa shape index (κ2) is 6.01. The highest BCUT2D eigenvalue weighted by Crippen LogP contribution is 2.22. The number of piperidine rings is 1. The van der Waals surface area contributed by atoms with Gasteiger partial charge in [0.05, 0.1) is 5.92 Å². The van der Waals surface area contributed by atoms with Crippen molar-refractivity contribution in [1.82, 2.24) is 10.1 Å². The molecule has 0 saturated carbocycles. The lowest BCUT2D eigenvalue weighted by atomic mass is 9.98. The average Bonchev–Trinajstić information content (AvgIpc) is 3.05. The first-order chi connectivity index (χ1) is 10.6. The largest absolute Gasteiger partial charge is 0.481 e. The second-order valence-electron chi connectivity index (χ2n) is 5.37. The predicted octanol–water partition coefficient (Wildman–Crippen LogP) is 2.28. The number of carboxylic acid groups (broad SMARTS) is 1. The zero-order chi connectivity index (χ0) is 15.5. The maximum absolute atomic E-state index is 12.4. The molecule has 1 aliphatic rings. The molecule has 1 aromatic carbocycles. The van der Waals surface area contributed by atoms with Gasteiger partial charge < -0.3 is 14.5 Å². The molecule has 2 heterocycles. The fourth-order valence-corrected chi connectivity index (χ4v) is 2.64. The molecule has 0 aliphatic carbocycles. The number of likely N-dealkylation sites (tertiary alicyclic amines) is 1. The minimum atomic E-state index is -0.859. The highest BCUT2D eigenvalue weighted by molar-refractivity contribution is 5.93. The van der Waals surface area contributed by atoms with Gasteiger partial charge in [-0.1, -0.05) is 35.5 Å². The van der Waals surface area contributed by atoms with Gasteiger partial charge in [0.1, 0.15) is 0 Å². The monoisotopic (exact) mass is 300 g/mol. The molecular formula is C16H16N2O4. The van der Waals surface area contributed by atoms with Gasteiger partial charge in [0, 0.05) is 24.7 Å². The molecule has 6 heteroatoms. The van der Waals surface area contributed by atoms with Crippen LogP contribution in [0, 0.1) is 5.92 Å². The van der Waals surface area contributed by atoms with Gasteiger partial charge >= 0.3 is 5.97 Å². The van der Waals surface area contributed by atoms with Crippen molar-refractivity contribution in [3.05, 3.63) is 42.1 Å². The van der Waals surface area contributed by atoms with E-state index in [1.54, 1.807) is 6.07 Å². The summed E-state index contributed by atoms with van der Waals surface area (Å²) in [6.45, 7) is 0.776. The number of carbonyl (C=O) groups excluding carboxylic acids is 1. The van der Waals surface area contributed by atoms with E-state index in [0.29, 0.717) is 25.1 Å². The highest BCUT2D eigenvalue weighted by Gasteiger charge is 2.30. The summed E-state index contributed by atoms with van der Waals surface area (Å²) in [4.78, 5) is 25.0. The predicted molar refractivity (Wildman–Crippen MR) is 78.2 cm³/mol. The third-order valence-corrected chi connectivity index (χ3v) is 3.85. The number of benzene rings is 1. The van der Waals surface area contributed by atoms with Crippen LogP contribution in [-0.4, -0.2) is 40.1 Å². The number of aromatic nitrogens is 1. The molecule has 3 rings (SSSR count). The maximum atomic E-state index is 12.4. The van der Waals surface area contributed by atoms with Crippen LogP contribution in [-0.2, 0) is 4.79 Å². The molecule has 1 N–H and O–H groups in total. The topological polar surface area (TPSA) is 83.6 Å². The lowest BCUT2D eigenvalue weighted by molar-refractivity contribution is -0.143. The van der Waals surface area contributed by atoms with E-state index in [0.717, 1.165) is 5.56 Å². The van der Waals surface area contributed by atoms with E-state index >= 15 is 0 Å². The van der Waals surface area contributed by atoms with Gasteiger partial charge in [-0.05, 0) is 12.8 Å². The molecule has 1 saturated heterocycles. The molecule has 0 radical (unpaired) electrons. The standard InChI is InChI=1S/C16H16N2O4/c19-15(18-8-4-7-12(10-18)16(20)21)13-9-14(22-17-13)11-5-2-1-3-6-11/h1-3,5-6,9,12H,4,7-8,10H2,(H,20,21). The SMILES string of the molecule is O=C(O)C1CCCN(C(=O)c2cc(-c3ccccc3)on2)C1. The molecule has 2 aromatic rings. The van der Waals surface area contributed by atoms with Gasteiger partial charge in [0.15, 0.2) is 11.5 Å². The van der Waals surface area contributed by atoms with Crippen LogP contribution >= 0.6 is 0 Å². The van der Waals surface area contributed by atoms with Crippen molar-refractivity contribution in [2.75, 3.05) is 13.1 Å². The number of hydrogen-bond acceptors (Lipinski definition) is 4. The number of nitrogens with zero attached hydrogens (tertiary/aromatic N) is 2. The van der Waals surface area contributed by atoms with E-state index in [4.69, 9.17) is 9.63 Å². The van der Waals surface area contributed by atoms with E-state index < -0.39 is 11.9 Å². The number of amides is 1. The molecule has 22 heavy (non-hydrogen) atoms. The number of carbonyl (C=O) groups is 2. The summed E-state index contributed by atoms with van der Waals surface area (Å²) >= 11 is 0. The van der Waals surface area contributed by atoms with Crippen molar-refractivity contribution in [2.45, 2.75) is 12.8 Å². The summed E-state index contributed by atoms with van der Waals surface area (Å²) in [6.07, 6.45) is 1.29. The van der Waals surface area contributed by atoms with Crippen LogP contribution in [0.2, 0.25) is 0 Å². The Balaban J connectivity index is 1.76. The Morgan fingerprint density at radius 1 is 1.27 bits per heavy atom. The number of aliphatic carboxylic acids is 1. The quantitative estimate of drug-likeness (QED) is 0.940. The van der Waals surface area contributed by atoms with Gasteiger partial charge in [-0.15, -0.1) is 0 Å². The first-order valence-corrected chi connectivity index (χ1v) is 7.19. The van der Waals surface area contributed by atoms with Crippen molar-refractivity contribution < 1.29 is 19.2 Å². The van der Waals surface area contributed by atoms with E-state index in [2.05, 4.69) is 5.16 Å². The van der Waals surface area contributed by atoms with Crippen LogP contribution in [0.25, 0.3) is 11.3 Å². The van der Waals surface area contributed by atoms with Gasteiger partial charge in [0.25, 0.3) is 5.91 Å². The zero-order valence-corrected chi connectivity index (χ0v) is 11.9. The third-order valence-electron chi connectivity index (χ3n) is 3.85. The summed E-state index contributed by atoms with van der Waals surface area (Å²) in [7, 11) is 0. The molecule has 1 unspecified atom stereocenters. The minimum Gasteiger partial charge on any atom is -0.481 e. The summed E-state index contributed by atoms with van der Waals surface area (Å²) in [5.74, 6) is -1.12. The maximum Gasteiger partial charge on any atom is 0.308 e. The molecule has 1 atom stereocenters.